The van der Waals surface area contributed by atoms with Gasteiger partial charge < -0.3 is 4.74 Å². The van der Waals surface area contributed by atoms with Crippen LogP contribution in [0.1, 0.15) is 12.0 Å². The Kier molecular flexibility index (Phi) is 5.62. The van der Waals surface area contributed by atoms with Gasteiger partial charge >= 0.3 is 5.97 Å². The van der Waals surface area contributed by atoms with Crippen LogP contribution in [0.4, 0.5) is 0 Å². The van der Waals surface area contributed by atoms with Gasteiger partial charge in [-0.3, -0.25) is 15.2 Å². The summed E-state index contributed by atoms with van der Waals surface area (Å²) in [5, 5.41) is 17.5. The fraction of sp³-hybridized carbons (Fsp3) is 0.417. The molecule has 0 spiro atoms. The van der Waals surface area contributed by atoms with Crippen molar-refractivity contribution in [3.63, 3.8) is 0 Å². The molecule has 0 aliphatic heterocycles. The van der Waals surface area contributed by atoms with E-state index in [1.165, 1.54) is 7.11 Å². The summed E-state index contributed by atoms with van der Waals surface area (Å²) in [6, 6.07) is 9.69. The average molecular weight is 239 g/mol. The molecule has 1 rings (SSSR count). The first-order chi connectivity index (χ1) is 8.13. The molecule has 0 aliphatic carbocycles. The normalized spacial score (nSPS) is 12.5. The summed E-state index contributed by atoms with van der Waals surface area (Å²) in [5.74, 6) is -0.982. The molecule has 1 unspecified atom stereocenters. The maximum atomic E-state index is 11.4. The first kappa shape index (κ1) is 13.6. The molecule has 0 aliphatic rings. The van der Waals surface area contributed by atoms with Gasteiger partial charge in [-0.05, 0) is 18.4 Å². The molecule has 94 valence electrons. The van der Waals surface area contributed by atoms with Crippen LogP contribution in [0.5, 0.6) is 0 Å². The number of aryl methyl sites for hydroxylation is 1. The van der Waals surface area contributed by atoms with Gasteiger partial charge in [0, 0.05) is 0 Å². The Balaban J connectivity index is 2.52. The Labute approximate surface area is 100 Å². The fourth-order valence-corrected chi connectivity index (χ4v) is 1.63. The van der Waals surface area contributed by atoms with E-state index in [0.717, 1.165) is 5.56 Å². The highest BCUT2D eigenvalue weighted by Crippen LogP contribution is 2.12. The van der Waals surface area contributed by atoms with Crippen LogP contribution in [0.25, 0.3) is 0 Å². The third kappa shape index (κ3) is 4.95. The third-order valence-corrected chi connectivity index (χ3v) is 2.54. The van der Waals surface area contributed by atoms with Gasteiger partial charge in [-0.25, -0.2) is 0 Å². The lowest BCUT2D eigenvalue weighted by Gasteiger charge is -2.16. The number of hydroxylamine groups is 2. The van der Waals surface area contributed by atoms with E-state index in [4.69, 9.17) is 10.4 Å². The van der Waals surface area contributed by atoms with Gasteiger partial charge in [0.2, 0.25) is 0 Å². The molecule has 1 atom stereocenters. The lowest BCUT2D eigenvalue weighted by Crippen LogP contribution is -2.30. The molecule has 0 heterocycles. The molecule has 0 radical (unpaired) electrons. The van der Waals surface area contributed by atoms with E-state index >= 15 is 0 Å². The summed E-state index contributed by atoms with van der Waals surface area (Å²) in [4.78, 5) is 11.4. The molecule has 0 aromatic heterocycles. The van der Waals surface area contributed by atoms with Gasteiger partial charge in [0.05, 0.1) is 19.6 Å². The maximum absolute atomic E-state index is 11.4. The largest absolute Gasteiger partial charge is 0.469 e. The number of rotatable bonds is 6. The summed E-state index contributed by atoms with van der Waals surface area (Å²) in [5.41, 5.74) is 1.10. The van der Waals surface area contributed by atoms with Crippen LogP contribution >= 0.6 is 0 Å². The maximum Gasteiger partial charge on any atom is 0.310 e. The highest BCUT2D eigenvalue weighted by Gasteiger charge is 2.21. The van der Waals surface area contributed by atoms with Crippen LogP contribution in [-0.2, 0) is 16.0 Å². The highest BCUT2D eigenvalue weighted by atomic mass is 16.8. The van der Waals surface area contributed by atoms with E-state index in [9.17, 15) is 4.79 Å². The summed E-state index contributed by atoms with van der Waals surface area (Å²) in [7, 11) is 1.29. The monoisotopic (exact) mass is 239 g/mol. The molecule has 5 heteroatoms. The Hall–Kier alpha value is -1.43. The van der Waals surface area contributed by atoms with E-state index in [1.54, 1.807) is 0 Å². The van der Waals surface area contributed by atoms with Crippen molar-refractivity contribution in [1.29, 1.82) is 0 Å². The molecule has 17 heavy (non-hydrogen) atoms. The van der Waals surface area contributed by atoms with E-state index in [-0.39, 0.29) is 11.8 Å². The topological polar surface area (TPSA) is 70.0 Å². The van der Waals surface area contributed by atoms with Crippen molar-refractivity contribution in [3.05, 3.63) is 35.9 Å². The van der Waals surface area contributed by atoms with E-state index in [1.807, 2.05) is 30.3 Å². The molecule has 0 fully saturated rings. The quantitative estimate of drug-likeness (QED) is 0.581. The smallest absolute Gasteiger partial charge is 0.310 e. The van der Waals surface area contributed by atoms with Crippen LogP contribution in [0, 0.1) is 5.92 Å². The van der Waals surface area contributed by atoms with Crippen molar-refractivity contribution in [3.8, 4) is 0 Å². The molecule has 0 bridgehead atoms. The number of benzene rings is 1. The van der Waals surface area contributed by atoms with Crippen LogP contribution in [0.2, 0.25) is 0 Å². The number of methoxy groups -OCH3 is 1. The summed E-state index contributed by atoms with van der Waals surface area (Å²) < 4.78 is 4.61. The Bertz CT molecular complexity index is 340. The SMILES string of the molecule is COC(=O)C(CCc1ccccc1)CN(O)O. The van der Waals surface area contributed by atoms with Crippen LogP contribution in [0.3, 0.4) is 0 Å². The van der Waals surface area contributed by atoms with Gasteiger partial charge in [-0.2, -0.15) is 0 Å². The molecule has 5 nitrogen and oxygen atoms in total. The Morgan fingerprint density at radius 2 is 2.00 bits per heavy atom. The first-order valence-corrected chi connectivity index (χ1v) is 5.40. The van der Waals surface area contributed by atoms with Crippen LogP contribution in [-0.4, -0.2) is 35.3 Å². The second-order valence-corrected chi connectivity index (χ2v) is 3.80. The molecule has 1 aromatic carbocycles. The van der Waals surface area contributed by atoms with E-state index < -0.39 is 11.9 Å². The molecule has 0 saturated heterocycles. The van der Waals surface area contributed by atoms with Crippen LogP contribution in [0.15, 0.2) is 30.3 Å². The van der Waals surface area contributed by atoms with Crippen LogP contribution < -0.4 is 0 Å². The van der Waals surface area contributed by atoms with Crippen molar-refractivity contribution in [2.45, 2.75) is 12.8 Å². The van der Waals surface area contributed by atoms with Crippen molar-refractivity contribution in [2.75, 3.05) is 13.7 Å². The molecule has 0 amide bonds. The van der Waals surface area contributed by atoms with Crippen molar-refractivity contribution < 1.29 is 19.9 Å². The van der Waals surface area contributed by atoms with Gasteiger partial charge in [0.25, 0.3) is 0 Å². The predicted octanol–water partition coefficient (Wildman–Crippen LogP) is 1.49. The minimum absolute atomic E-state index is 0.0204. The number of carbonyl (C=O) groups is 1. The highest BCUT2D eigenvalue weighted by molar-refractivity contribution is 5.72. The Morgan fingerprint density at radius 1 is 1.35 bits per heavy atom. The number of esters is 1. The van der Waals surface area contributed by atoms with Crippen molar-refractivity contribution >= 4 is 5.97 Å². The van der Waals surface area contributed by atoms with Crippen molar-refractivity contribution in [1.82, 2.24) is 5.23 Å². The number of hydrogen-bond acceptors (Lipinski definition) is 5. The standard InChI is InChI=1S/C12H17NO4/c1-17-12(14)11(9-13(15)16)8-7-10-5-3-2-4-6-10/h2-6,11,15-16H,7-9H2,1H3. The lowest BCUT2D eigenvalue weighted by molar-refractivity contribution is -0.311. The third-order valence-electron chi connectivity index (χ3n) is 2.54. The molecular weight excluding hydrogens is 222 g/mol. The number of nitrogens with zero attached hydrogens (tertiary/aromatic N) is 1. The number of ether oxygens (including phenoxy) is 1. The molecule has 0 saturated carbocycles. The second kappa shape index (κ2) is 7.01. The minimum Gasteiger partial charge on any atom is -0.469 e. The predicted molar refractivity (Wildman–Crippen MR) is 60.5 cm³/mol. The second-order valence-electron chi connectivity index (χ2n) is 3.80. The molecular formula is C12H17NO4. The van der Waals surface area contributed by atoms with Gasteiger partial charge in [0.1, 0.15) is 0 Å². The number of hydrogen-bond donors (Lipinski definition) is 2. The Morgan fingerprint density at radius 3 is 2.53 bits per heavy atom. The minimum atomic E-state index is -0.546. The zero-order chi connectivity index (χ0) is 12.7. The van der Waals surface area contributed by atoms with Gasteiger partial charge in [-0.15, -0.1) is 0 Å². The summed E-state index contributed by atoms with van der Waals surface area (Å²) in [6.45, 7) is -0.153. The molecule has 1 aromatic rings. The zero-order valence-electron chi connectivity index (χ0n) is 9.74. The summed E-state index contributed by atoms with van der Waals surface area (Å²) in [6.07, 6.45) is 1.20. The number of carbonyl (C=O) groups excluding carboxylic acids is 1. The summed E-state index contributed by atoms with van der Waals surface area (Å²) >= 11 is 0. The first-order valence-electron chi connectivity index (χ1n) is 5.40. The van der Waals surface area contributed by atoms with E-state index in [2.05, 4.69) is 4.74 Å². The molecule has 2 N–H and O–H groups in total. The van der Waals surface area contributed by atoms with Gasteiger partial charge in [-0.1, -0.05) is 35.6 Å². The van der Waals surface area contributed by atoms with Crippen molar-refractivity contribution in [2.24, 2.45) is 5.92 Å². The fourth-order valence-electron chi connectivity index (χ4n) is 1.63. The average Bonchev–Trinajstić information content (AvgIpc) is 2.34. The van der Waals surface area contributed by atoms with Gasteiger partial charge in [0.15, 0.2) is 0 Å². The van der Waals surface area contributed by atoms with E-state index in [0.29, 0.717) is 12.8 Å². The lowest BCUT2D eigenvalue weighted by atomic mass is 9.99. The zero-order valence-corrected chi connectivity index (χ0v) is 9.74.